The van der Waals surface area contributed by atoms with Crippen molar-refractivity contribution >= 4 is 17.9 Å². The first-order chi connectivity index (χ1) is 24.5. The lowest BCUT2D eigenvalue weighted by atomic mass is 10.0. The van der Waals surface area contributed by atoms with E-state index in [0.29, 0.717) is 26.1 Å². The van der Waals surface area contributed by atoms with E-state index in [4.69, 9.17) is 23.7 Å². The molecular formula is C42H70O8. The zero-order valence-electron chi connectivity index (χ0n) is 31.7. The summed E-state index contributed by atoms with van der Waals surface area (Å²) < 4.78 is 27.3. The molecule has 1 atom stereocenters. The second-order valence-corrected chi connectivity index (χ2v) is 13.5. The van der Waals surface area contributed by atoms with Gasteiger partial charge in [0.05, 0.1) is 26.9 Å². The van der Waals surface area contributed by atoms with E-state index in [9.17, 15) is 14.4 Å². The summed E-state index contributed by atoms with van der Waals surface area (Å²) in [4.78, 5) is 36.2. The third-order valence-electron chi connectivity index (χ3n) is 8.88. The highest BCUT2D eigenvalue weighted by Gasteiger charge is 2.18. The maximum absolute atomic E-state index is 12.7. The maximum Gasteiger partial charge on any atom is 0.330 e. The fourth-order valence-corrected chi connectivity index (χ4v) is 5.78. The molecule has 0 radical (unpaired) electrons. The first kappa shape index (κ1) is 45.2. The Hall–Kier alpha value is -2.87. The zero-order valence-corrected chi connectivity index (χ0v) is 31.7. The number of hydrogen-bond donors (Lipinski definition) is 0. The van der Waals surface area contributed by atoms with Crippen molar-refractivity contribution in [1.29, 1.82) is 0 Å². The quantitative estimate of drug-likeness (QED) is 0.0298. The van der Waals surface area contributed by atoms with Gasteiger partial charge in [-0.1, -0.05) is 148 Å². The van der Waals surface area contributed by atoms with Crippen LogP contribution in [0.25, 0.3) is 0 Å². The third kappa shape index (κ3) is 27.9. The van der Waals surface area contributed by atoms with E-state index in [-0.39, 0.29) is 31.1 Å². The van der Waals surface area contributed by atoms with Gasteiger partial charge in [-0.05, 0) is 37.0 Å². The van der Waals surface area contributed by atoms with Crippen LogP contribution in [0, 0.1) is 0 Å². The summed E-state index contributed by atoms with van der Waals surface area (Å²) in [5.74, 6) is -0.119. The summed E-state index contributed by atoms with van der Waals surface area (Å²) in [6.45, 7) is 6.62. The van der Waals surface area contributed by atoms with Gasteiger partial charge in [-0.15, -0.1) is 0 Å². The van der Waals surface area contributed by atoms with Crippen LogP contribution < -0.4 is 4.74 Å². The van der Waals surface area contributed by atoms with Crippen molar-refractivity contribution in [2.24, 2.45) is 0 Å². The number of hydrogen-bond acceptors (Lipinski definition) is 8. The van der Waals surface area contributed by atoms with Crippen molar-refractivity contribution in [1.82, 2.24) is 0 Å². The molecule has 0 spiro atoms. The van der Waals surface area contributed by atoms with Crippen LogP contribution in [0.15, 0.2) is 36.9 Å². The molecule has 0 aliphatic rings. The summed E-state index contributed by atoms with van der Waals surface area (Å²) in [6, 6.07) is 7.61. The Bertz CT molecular complexity index is 976. The number of carbonyl (C=O) groups excluding carboxylic acids is 3. The number of ether oxygens (including phenoxy) is 5. The van der Waals surface area contributed by atoms with Crippen LogP contribution >= 0.6 is 0 Å². The summed E-state index contributed by atoms with van der Waals surface area (Å²) in [5, 5.41) is 0. The van der Waals surface area contributed by atoms with Crippen molar-refractivity contribution in [2.45, 2.75) is 174 Å². The third-order valence-corrected chi connectivity index (χ3v) is 8.88. The molecule has 1 aromatic carbocycles. The Kier molecular flexibility index (Phi) is 30.1. The van der Waals surface area contributed by atoms with Gasteiger partial charge in [-0.25, -0.2) is 4.79 Å². The first-order valence-electron chi connectivity index (χ1n) is 19.8. The molecule has 1 rings (SSSR count). The molecule has 50 heavy (non-hydrogen) atoms. The molecule has 0 heterocycles. The highest BCUT2D eigenvalue weighted by molar-refractivity contribution is 5.81. The van der Waals surface area contributed by atoms with Crippen molar-refractivity contribution in [2.75, 3.05) is 26.9 Å². The Labute approximate surface area is 304 Å². The first-order valence-corrected chi connectivity index (χ1v) is 19.8. The van der Waals surface area contributed by atoms with Gasteiger partial charge < -0.3 is 23.7 Å². The SMILES string of the molecule is C=CC(=O)OCCCCCCCCCCCC(=O)O[C@@H](COCc1ccc(OC)cc1)COC(=O)CCCCCCCCCCCCCCC. The van der Waals surface area contributed by atoms with Crippen LogP contribution in [-0.2, 0) is 39.9 Å². The molecular weight excluding hydrogens is 632 g/mol. The molecule has 286 valence electrons. The van der Waals surface area contributed by atoms with Gasteiger partial charge in [-0.3, -0.25) is 9.59 Å². The van der Waals surface area contributed by atoms with Gasteiger partial charge in [0.1, 0.15) is 12.4 Å². The van der Waals surface area contributed by atoms with Crippen molar-refractivity contribution in [3.05, 3.63) is 42.5 Å². The highest BCUT2D eigenvalue weighted by atomic mass is 16.6. The molecule has 1 aromatic rings. The largest absolute Gasteiger partial charge is 0.497 e. The lowest BCUT2D eigenvalue weighted by Crippen LogP contribution is -2.29. The molecule has 0 N–H and O–H groups in total. The molecule has 0 aromatic heterocycles. The van der Waals surface area contributed by atoms with E-state index in [0.717, 1.165) is 88.4 Å². The van der Waals surface area contributed by atoms with Crippen LogP contribution in [0.4, 0.5) is 0 Å². The van der Waals surface area contributed by atoms with Crippen LogP contribution in [-0.4, -0.2) is 50.9 Å². The molecule has 0 fully saturated rings. The van der Waals surface area contributed by atoms with Gasteiger partial charge in [0.15, 0.2) is 6.10 Å². The number of unbranched alkanes of at least 4 members (excludes halogenated alkanes) is 20. The molecule has 0 bridgehead atoms. The molecule has 0 saturated heterocycles. The van der Waals surface area contributed by atoms with Gasteiger partial charge in [0, 0.05) is 18.9 Å². The average molecular weight is 703 g/mol. The van der Waals surface area contributed by atoms with Gasteiger partial charge in [0.2, 0.25) is 0 Å². The molecule has 8 heteroatoms. The maximum atomic E-state index is 12.7. The summed E-state index contributed by atoms with van der Waals surface area (Å²) in [5.41, 5.74) is 0.976. The molecule has 0 saturated carbocycles. The normalized spacial score (nSPS) is 11.6. The second kappa shape index (κ2) is 33.3. The number of esters is 3. The number of rotatable bonds is 35. The Morgan fingerprint density at radius 1 is 0.620 bits per heavy atom. The number of carbonyl (C=O) groups is 3. The van der Waals surface area contributed by atoms with Gasteiger partial charge in [-0.2, -0.15) is 0 Å². The molecule has 0 amide bonds. The topological polar surface area (TPSA) is 97.4 Å². The van der Waals surface area contributed by atoms with Crippen LogP contribution in [0.5, 0.6) is 5.75 Å². The van der Waals surface area contributed by atoms with Crippen LogP contribution in [0.2, 0.25) is 0 Å². The number of benzene rings is 1. The smallest absolute Gasteiger partial charge is 0.330 e. The summed E-state index contributed by atoms with van der Waals surface area (Å²) in [7, 11) is 1.63. The molecule has 0 aliphatic carbocycles. The van der Waals surface area contributed by atoms with Crippen molar-refractivity contribution < 1.29 is 38.1 Å². The summed E-state index contributed by atoms with van der Waals surface area (Å²) in [6.07, 6.45) is 27.0. The second-order valence-electron chi connectivity index (χ2n) is 13.5. The lowest BCUT2D eigenvalue weighted by molar-refractivity contribution is -0.163. The zero-order chi connectivity index (χ0) is 36.3. The predicted molar refractivity (Wildman–Crippen MR) is 201 cm³/mol. The van der Waals surface area contributed by atoms with E-state index in [1.54, 1.807) is 7.11 Å². The minimum Gasteiger partial charge on any atom is -0.497 e. The highest BCUT2D eigenvalue weighted by Crippen LogP contribution is 2.15. The van der Waals surface area contributed by atoms with Crippen molar-refractivity contribution in [3.63, 3.8) is 0 Å². The van der Waals surface area contributed by atoms with E-state index >= 15 is 0 Å². The van der Waals surface area contributed by atoms with E-state index < -0.39 is 6.10 Å². The van der Waals surface area contributed by atoms with Gasteiger partial charge >= 0.3 is 17.9 Å². The van der Waals surface area contributed by atoms with Crippen molar-refractivity contribution in [3.8, 4) is 5.75 Å². The summed E-state index contributed by atoms with van der Waals surface area (Å²) >= 11 is 0. The molecule has 0 unspecified atom stereocenters. The minimum atomic E-state index is -0.642. The fraction of sp³-hybridized carbons (Fsp3) is 0.738. The predicted octanol–water partition coefficient (Wildman–Crippen LogP) is 10.8. The van der Waals surface area contributed by atoms with E-state index in [1.165, 1.54) is 70.3 Å². The molecule has 8 nitrogen and oxygen atoms in total. The Balaban J connectivity index is 2.25. The monoisotopic (exact) mass is 703 g/mol. The minimum absolute atomic E-state index is 0.00230. The van der Waals surface area contributed by atoms with E-state index in [1.807, 2.05) is 24.3 Å². The van der Waals surface area contributed by atoms with Gasteiger partial charge in [0.25, 0.3) is 0 Å². The Morgan fingerprint density at radius 3 is 1.60 bits per heavy atom. The van der Waals surface area contributed by atoms with E-state index in [2.05, 4.69) is 13.5 Å². The Morgan fingerprint density at radius 2 is 1.10 bits per heavy atom. The van der Waals surface area contributed by atoms with Crippen LogP contribution in [0.1, 0.15) is 167 Å². The fourth-order valence-electron chi connectivity index (χ4n) is 5.78. The standard InChI is InChI=1S/C42H70O8/c1-4-6-7-8-9-10-11-12-13-15-18-21-24-27-41(44)49-36-39(35-47-34-37-29-31-38(46-3)32-30-37)50-42(45)28-25-22-19-16-14-17-20-23-26-33-48-40(43)5-2/h5,29-32,39H,2,4,6-28,33-36H2,1,3H3/t39-/m0/s1. The van der Waals surface area contributed by atoms with Crippen LogP contribution in [0.3, 0.4) is 0 Å². The molecule has 0 aliphatic heterocycles. The number of methoxy groups -OCH3 is 1. The lowest BCUT2D eigenvalue weighted by Gasteiger charge is -2.18. The average Bonchev–Trinajstić information content (AvgIpc) is 3.13.